The molecule has 1 saturated heterocycles. The number of carbonyl (C=O) groups is 1. The molecule has 0 saturated carbocycles. The molecule has 0 spiro atoms. The van der Waals surface area contributed by atoms with Crippen LogP contribution < -0.4 is 10.2 Å². The number of amides is 1. The number of hydrogen-bond donors (Lipinski definition) is 1. The normalized spacial score (nSPS) is 15.1. The van der Waals surface area contributed by atoms with Crippen LogP contribution in [0.15, 0.2) is 42.5 Å². The third-order valence-electron chi connectivity index (χ3n) is 5.09. The molecule has 1 N–H and O–H groups in total. The van der Waals surface area contributed by atoms with Crippen LogP contribution in [0, 0.1) is 13.8 Å². The van der Waals surface area contributed by atoms with Crippen LogP contribution in [-0.2, 0) is 4.79 Å². The molecule has 0 radical (unpaired) electrons. The molecule has 3 rings (SSSR count). The van der Waals surface area contributed by atoms with Gasteiger partial charge in [0.25, 0.3) is 0 Å². The molecule has 4 nitrogen and oxygen atoms in total. The Hall–Kier alpha value is -2.04. The monoisotopic (exact) mass is 371 g/mol. The number of rotatable bonds is 5. The quantitative estimate of drug-likeness (QED) is 0.859. The lowest BCUT2D eigenvalue weighted by Crippen LogP contribution is -2.47. The van der Waals surface area contributed by atoms with E-state index in [1.807, 2.05) is 18.2 Å². The Labute approximate surface area is 160 Å². The lowest BCUT2D eigenvalue weighted by atomic mass is 10.1. The van der Waals surface area contributed by atoms with Gasteiger partial charge in [-0.05, 0) is 43.2 Å². The van der Waals surface area contributed by atoms with Crippen molar-refractivity contribution in [2.24, 2.45) is 0 Å². The molecule has 0 aliphatic carbocycles. The highest BCUT2D eigenvalue weighted by Crippen LogP contribution is 2.24. The average molecular weight is 372 g/mol. The Morgan fingerprint density at radius 2 is 1.77 bits per heavy atom. The second kappa shape index (κ2) is 8.56. The van der Waals surface area contributed by atoms with Gasteiger partial charge < -0.3 is 10.2 Å². The van der Waals surface area contributed by atoms with Crippen LogP contribution in [0.4, 0.5) is 11.4 Å². The van der Waals surface area contributed by atoms with E-state index in [0.717, 1.165) is 32.7 Å². The van der Waals surface area contributed by atoms with Gasteiger partial charge in [0.05, 0.1) is 10.7 Å². The fourth-order valence-corrected chi connectivity index (χ4v) is 3.51. The van der Waals surface area contributed by atoms with E-state index in [0.29, 0.717) is 17.1 Å². The van der Waals surface area contributed by atoms with E-state index in [-0.39, 0.29) is 5.91 Å². The summed E-state index contributed by atoms with van der Waals surface area (Å²) in [6.07, 6.45) is 0.481. The first-order chi connectivity index (χ1) is 12.5. The molecule has 0 bridgehead atoms. The lowest BCUT2D eigenvalue weighted by Gasteiger charge is -2.37. The summed E-state index contributed by atoms with van der Waals surface area (Å²) in [5.74, 6) is 0.00931. The predicted octanol–water partition coefficient (Wildman–Crippen LogP) is 4.11. The minimum absolute atomic E-state index is 0.00931. The summed E-state index contributed by atoms with van der Waals surface area (Å²) in [6.45, 7) is 9.08. The van der Waals surface area contributed by atoms with E-state index >= 15 is 0 Å². The number of nitrogens with zero attached hydrogens (tertiary/aromatic N) is 2. The van der Waals surface area contributed by atoms with Crippen molar-refractivity contribution in [3.63, 3.8) is 0 Å². The van der Waals surface area contributed by atoms with E-state index in [1.54, 1.807) is 6.07 Å². The van der Waals surface area contributed by atoms with E-state index in [4.69, 9.17) is 11.6 Å². The van der Waals surface area contributed by atoms with Crippen LogP contribution >= 0.6 is 11.6 Å². The maximum absolute atomic E-state index is 12.2. The molecule has 0 atom stereocenters. The van der Waals surface area contributed by atoms with Crippen molar-refractivity contribution in [1.29, 1.82) is 0 Å². The van der Waals surface area contributed by atoms with Gasteiger partial charge in [0.15, 0.2) is 0 Å². The van der Waals surface area contributed by atoms with E-state index in [1.165, 1.54) is 16.8 Å². The molecule has 2 aromatic rings. The molecule has 1 aliphatic heterocycles. The second-order valence-corrected chi connectivity index (χ2v) is 7.23. The van der Waals surface area contributed by atoms with Crippen molar-refractivity contribution >= 4 is 28.9 Å². The number of para-hydroxylation sites is 1. The molecule has 0 unspecified atom stereocenters. The van der Waals surface area contributed by atoms with Crippen LogP contribution in [0.3, 0.4) is 0 Å². The maximum atomic E-state index is 12.2. The van der Waals surface area contributed by atoms with Crippen LogP contribution in [0.2, 0.25) is 5.02 Å². The number of anilines is 2. The Bertz CT molecular complexity index is 770. The number of benzene rings is 2. The highest BCUT2D eigenvalue weighted by molar-refractivity contribution is 6.33. The zero-order valence-corrected chi connectivity index (χ0v) is 16.2. The zero-order valence-electron chi connectivity index (χ0n) is 15.5. The number of nitrogens with one attached hydrogen (secondary N) is 1. The number of carbonyl (C=O) groups excluding carboxylic acids is 1. The molecule has 1 heterocycles. The molecular weight excluding hydrogens is 346 g/mol. The standard InChI is InChI=1S/C21H26ClN3O/c1-16-6-5-9-20(17(16)2)25-14-12-24(13-15-25)11-10-21(26)23-19-8-4-3-7-18(19)22/h3-9H,10-15H2,1-2H3,(H,23,26). The summed E-state index contributed by atoms with van der Waals surface area (Å²) < 4.78 is 0. The topological polar surface area (TPSA) is 35.6 Å². The van der Waals surface area contributed by atoms with Crippen molar-refractivity contribution in [3.8, 4) is 0 Å². The summed E-state index contributed by atoms with van der Waals surface area (Å²) in [4.78, 5) is 17.0. The van der Waals surface area contributed by atoms with Crippen molar-refractivity contribution in [2.45, 2.75) is 20.3 Å². The molecule has 1 amide bonds. The van der Waals surface area contributed by atoms with Gasteiger partial charge in [-0.25, -0.2) is 0 Å². The van der Waals surface area contributed by atoms with E-state index < -0.39 is 0 Å². The summed E-state index contributed by atoms with van der Waals surface area (Å²) in [5, 5.41) is 3.46. The minimum atomic E-state index is 0.00931. The molecule has 26 heavy (non-hydrogen) atoms. The van der Waals surface area contributed by atoms with Gasteiger partial charge in [-0.15, -0.1) is 0 Å². The maximum Gasteiger partial charge on any atom is 0.225 e. The smallest absolute Gasteiger partial charge is 0.225 e. The minimum Gasteiger partial charge on any atom is -0.369 e. The van der Waals surface area contributed by atoms with E-state index in [9.17, 15) is 4.79 Å². The number of hydrogen-bond acceptors (Lipinski definition) is 3. The second-order valence-electron chi connectivity index (χ2n) is 6.83. The molecule has 138 valence electrons. The van der Waals surface area contributed by atoms with Crippen LogP contribution in [-0.4, -0.2) is 43.5 Å². The van der Waals surface area contributed by atoms with Gasteiger partial charge in [-0.1, -0.05) is 35.9 Å². The van der Waals surface area contributed by atoms with Crippen molar-refractivity contribution in [2.75, 3.05) is 42.9 Å². The third kappa shape index (κ3) is 4.57. The number of piperazine rings is 1. The highest BCUT2D eigenvalue weighted by atomic mass is 35.5. The lowest BCUT2D eigenvalue weighted by molar-refractivity contribution is -0.116. The first-order valence-corrected chi connectivity index (χ1v) is 9.50. The average Bonchev–Trinajstić information content (AvgIpc) is 2.65. The molecule has 5 heteroatoms. The zero-order chi connectivity index (χ0) is 18.5. The van der Waals surface area contributed by atoms with Gasteiger partial charge in [0.2, 0.25) is 5.91 Å². The highest BCUT2D eigenvalue weighted by Gasteiger charge is 2.19. The van der Waals surface area contributed by atoms with E-state index in [2.05, 4.69) is 47.2 Å². The Kier molecular flexibility index (Phi) is 6.17. The largest absolute Gasteiger partial charge is 0.369 e. The fraction of sp³-hybridized carbons (Fsp3) is 0.381. The summed E-state index contributed by atoms with van der Waals surface area (Å²) in [6, 6.07) is 13.8. The Morgan fingerprint density at radius 1 is 1.04 bits per heavy atom. The van der Waals surface area contributed by atoms with Crippen molar-refractivity contribution in [3.05, 3.63) is 58.6 Å². The van der Waals surface area contributed by atoms with Gasteiger partial charge in [0, 0.05) is 44.8 Å². The van der Waals surface area contributed by atoms with Gasteiger partial charge in [-0.3, -0.25) is 9.69 Å². The van der Waals surface area contributed by atoms with Gasteiger partial charge in [0.1, 0.15) is 0 Å². The third-order valence-corrected chi connectivity index (χ3v) is 5.42. The summed E-state index contributed by atoms with van der Waals surface area (Å²) in [5.41, 5.74) is 4.71. The molecule has 0 aromatic heterocycles. The Balaban J connectivity index is 1.46. The van der Waals surface area contributed by atoms with Crippen molar-refractivity contribution < 1.29 is 4.79 Å². The number of aryl methyl sites for hydroxylation is 1. The van der Waals surface area contributed by atoms with Crippen LogP contribution in [0.25, 0.3) is 0 Å². The van der Waals surface area contributed by atoms with Gasteiger partial charge >= 0.3 is 0 Å². The Morgan fingerprint density at radius 3 is 2.50 bits per heavy atom. The predicted molar refractivity (Wildman–Crippen MR) is 109 cm³/mol. The summed E-state index contributed by atoms with van der Waals surface area (Å²) in [7, 11) is 0. The van der Waals surface area contributed by atoms with Gasteiger partial charge in [-0.2, -0.15) is 0 Å². The molecule has 1 aliphatic rings. The first kappa shape index (κ1) is 18.7. The van der Waals surface area contributed by atoms with Crippen LogP contribution in [0.5, 0.6) is 0 Å². The molecule has 2 aromatic carbocycles. The molecular formula is C21H26ClN3O. The molecule has 1 fully saturated rings. The fourth-order valence-electron chi connectivity index (χ4n) is 3.33. The van der Waals surface area contributed by atoms with Crippen LogP contribution in [0.1, 0.15) is 17.5 Å². The van der Waals surface area contributed by atoms with Crippen molar-refractivity contribution in [1.82, 2.24) is 4.90 Å². The SMILES string of the molecule is Cc1cccc(N2CCN(CCC(=O)Nc3ccccc3Cl)CC2)c1C. The first-order valence-electron chi connectivity index (χ1n) is 9.12. The number of halogens is 1. The summed E-state index contributed by atoms with van der Waals surface area (Å²) >= 11 is 6.08.